The van der Waals surface area contributed by atoms with Crippen LogP contribution in [-0.2, 0) is 17.8 Å². The van der Waals surface area contributed by atoms with Crippen LogP contribution in [0.25, 0.3) is 5.57 Å². The van der Waals surface area contributed by atoms with Crippen molar-refractivity contribution >= 4 is 11.5 Å². The van der Waals surface area contributed by atoms with E-state index in [0.29, 0.717) is 0 Å². The third-order valence-corrected chi connectivity index (χ3v) is 3.19. The molecule has 4 nitrogen and oxygen atoms in total. The fraction of sp³-hybridized carbons (Fsp3) is 0.286. The van der Waals surface area contributed by atoms with Crippen LogP contribution in [0.4, 0.5) is 0 Å². The SMILES string of the molecule is [2H]c1c([2H])c([2H])c2c(c1[2H])/C(=C/CC([2H])([2H])N(C([2H])([2H])[2H])C([2H])([2H])[2H])c1c([2H])c(CC(=O)O)c([2H])c([2H])c1OC2([2H])[2H]. The number of nitrogens with zero attached hydrogens (tertiary/aromatic N) is 1. The summed E-state index contributed by atoms with van der Waals surface area (Å²) in [6.45, 7) is -13.4. The number of carboxylic acid groups (broad SMARTS) is 1. The number of fused-ring (bicyclic) bond motifs is 2. The minimum absolute atomic E-state index is 0.376. The maximum Gasteiger partial charge on any atom is 0.307 e. The molecule has 3 rings (SSSR count). The van der Waals surface area contributed by atoms with E-state index in [1.54, 1.807) is 0 Å². The third-order valence-electron chi connectivity index (χ3n) is 3.19. The van der Waals surface area contributed by atoms with Gasteiger partial charge in [0.2, 0.25) is 0 Å². The van der Waals surface area contributed by atoms with Gasteiger partial charge in [-0.2, -0.15) is 0 Å². The van der Waals surface area contributed by atoms with Gasteiger partial charge in [0.05, 0.1) is 18.8 Å². The second-order valence-electron chi connectivity index (χ2n) is 4.90. The predicted octanol–water partition coefficient (Wildman–Crippen LogP) is 3.59. The van der Waals surface area contributed by atoms with Crippen molar-refractivity contribution < 1.29 is 37.9 Å². The van der Waals surface area contributed by atoms with Gasteiger partial charge in [0.15, 0.2) is 0 Å². The zero-order chi connectivity index (χ0) is 32.5. The lowest BCUT2D eigenvalue weighted by Crippen LogP contribution is -2.12. The molecule has 2 aromatic rings. The first-order chi connectivity index (χ1) is 18.9. The summed E-state index contributed by atoms with van der Waals surface area (Å²) in [6, 6.07) is -6.19. The van der Waals surface area contributed by atoms with E-state index in [1.807, 2.05) is 0 Å². The molecular formula is C21H23NO3. The van der Waals surface area contributed by atoms with Gasteiger partial charge in [0, 0.05) is 23.0 Å². The van der Waals surface area contributed by atoms with Gasteiger partial charge in [-0.1, -0.05) is 36.3 Å². The molecule has 0 unspecified atom stereocenters. The number of rotatable bonds is 5. The van der Waals surface area contributed by atoms with Crippen LogP contribution in [0, 0.1) is 0 Å². The number of carbonyl (C=O) groups is 1. The van der Waals surface area contributed by atoms with Crippen LogP contribution in [0.2, 0.25) is 0 Å². The molecule has 0 atom stereocenters. The molecule has 130 valence electrons. The van der Waals surface area contributed by atoms with Crippen molar-refractivity contribution in [2.45, 2.75) is 19.4 Å². The summed E-state index contributed by atoms with van der Waals surface area (Å²) < 4.78 is 143. The summed E-state index contributed by atoms with van der Waals surface area (Å²) in [5.41, 5.74) is -3.30. The van der Waals surface area contributed by atoms with Gasteiger partial charge in [0.1, 0.15) is 12.3 Å². The van der Waals surface area contributed by atoms with E-state index in [1.165, 1.54) is 0 Å². The molecule has 0 bridgehead atoms. The zero-order valence-electron chi connectivity index (χ0n) is 29.7. The first-order valence-corrected chi connectivity index (χ1v) is 7.01. The average Bonchev–Trinajstić information content (AvgIpc) is 2.90. The molecule has 1 aliphatic rings. The van der Waals surface area contributed by atoms with E-state index in [-0.39, 0.29) is 4.90 Å². The molecule has 0 fully saturated rings. The van der Waals surface area contributed by atoms with Crippen LogP contribution < -0.4 is 4.74 Å². The lowest BCUT2D eigenvalue weighted by molar-refractivity contribution is -0.136. The summed E-state index contributed by atoms with van der Waals surface area (Å²) in [6.07, 6.45) is -1.32. The molecule has 1 aliphatic heterocycles. The Morgan fingerprint density at radius 2 is 2.24 bits per heavy atom. The highest BCUT2D eigenvalue weighted by Gasteiger charge is 2.19. The van der Waals surface area contributed by atoms with E-state index in [9.17, 15) is 9.90 Å². The van der Waals surface area contributed by atoms with Crippen molar-refractivity contribution in [3.8, 4) is 5.75 Å². The molecule has 0 radical (unpaired) electrons. The van der Waals surface area contributed by atoms with Gasteiger partial charge < -0.3 is 14.7 Å². The van der Waals surface area contributed by atoms with Crippen molar-refractivity contribution in [2.75, 3.05) is 20.4 Å². The Labute approximate surface area is 172 Å². The van der Waals surface area contributed by atoms with Crippen LogP contribution in [0.5, 0.6) is 5.75 Å². The molecule has 0 amide bonds. The molecule has 0 spiro atoms. The fourth-order valence-electron chi connectivity index (χ4n) is 2.20. The Hall–Kier alpha value is -2.59. The van der Waals surface area contributed by atoms with Gasteiger partial charge in [-0.25, -0.2) is 0 Å². The summed E-state index contributed by atoms with van der Waals surface area (Å²) in [4.78, 5) is 11.1. The monoisotopic (exact) mass is 354 g/mol. The molecule has 0 aliphatic carbocycles. The molecular weight excluding hydrogens is 314 g/mol. The van der Waals surface area contributed by atoms with E-state index in [0.717, 1.165) is 6.08 Å². The van der Waals surface area contributed by atoms with Crippen LogP contribution in [0.3, 0.4) is 0 Å². The normalized spacial score (nSPS) is 28.0. The van der Waals surface area contributed by atoms with Crippen LogP contribution in [0.15, 0.2) is 48.4 Å². The molecule has 0 saturated heterocycles. The lowest BCUT2D eigenvalue weighted by Gasteiger charge is -2.13. The Balaban J connectivity index is 2.55. The number of carboxylic acids is 1. The van der Waals surface area contributed by atoms with Gasteiger partial charge in [-0.05, 0) is 54.7 Å². The minimum atomic E-state index is -3.50. The number of ether oxygens (including phenoxy) is 1. The Kier molecular flexibility index (Phi) is 1.80. The second-order valence-corrected chi connectivity index (χ2v) is 4.90. The van der Waals surface area contributed by atoms with Gasteiger partial charge in [-0.3, -0.25) is 4.79 Å². The Morgan fingerprint density at radius 3 is 3.04 bits per heavy atom. The summed E-state index contributed by atoms with van der Waals surface area (Å²) >= 11 is 0. The van der Waals surface area contributed by atoms with Gasteiger partial charge in [0.25, 0.3) is 0 Å². The highest BCUT2D eigenvalue weighted by Crippen LogP contribution is 2.37. The highest BCUT2D eigenvalue weighted by atomic mass is 16.5. The first kappa shape index (κ1) is 5.99. The van der Waals surface area contributed by atoms with Crippen molar-refractivity contribution in [1.29, 1.82) is 0 Å². The van der Waals surface area contributed by atoms with E-state index in [4.69, 9.17) is 28.0 Å². The van der Waals surface area contributed by atoms with Crippen molar-refractivity contribution in [3.63, 3.8) is 0 Å². The largest absolute Gasteiger partial charge is 0.488 e. The molecule has 0 aromatic heterocycles. The van der Waals surface area contributed by atoms with E-state index in [2.05, 4.69) is 0 Å². The van der Waals surface area contributed by atoms with Gasteiger partial charge in [-0.15, -0.1) is 0 Å². The third kappa shape index (κ3) is 4.09. The van der Waals surface area contributed by atoms with E-state index >= 15 is 0 Å². The highest BCUT2D eigenvalue weighted by molar-refractivity contribution is 5.85. The topological polar surface area (TPSA) is 49.8 Å². The Bertz CT molecular complexity index is 1480. The first-order valence-electron chi connectivity index (χ1n) is 15.5. The molecule has 1 N–H and O–H groups in total. The quantitative estimate of drug-likeness (QED) is 0.891. The van der Waals surface area contributed by atoms with Crippen LogP contribution in [-0.4, -0.2) is 36.4 Å². The standard InChI is InChI=1S/C21H23NO3/c1-22(2)11-5-8-18-17-7-4-3-6-16(17)14-25-20-10-9-15(12-19(18)20)13-21(23)24/h3-4,6-10,12H,5,11,13-14H2,1-2H3,(H,23,24)/b18-8-/i1D3,2D3,3D,4D,6D,7D,9D,10D,11D2,12D,14D2. The lowest BCUT2D eigenvalue weighted by atomic mass is 9.92. The van der Waals surface area contributed by atoms with Gasteiger partial charge >= 0.3 is 5.97 Å². The predicted molar refractivity (Wildman–Crippen MR) is 98.8 cm³/mol. The minimum Gasteiger partial charge on any atom is -0.488 e. The molecule has 25 heavy (non-hydrogen) atoms. The number of aliphatic carboxylic acids is 1. The number of benzene rings is 2. The molecule has 1 heterocycles. The maximum absolute atomic E-state index is 11.5. The van der Waals surface area contributed by atoms with Crippen molar-refractivity contribution in [3.05, 3.63) is 70.6 Å². The molecule has 4 heteroatoms. The summed E-state index contributed by atoms with van der Waals surface area (Å²) in [5, 5.41) is 9.35. The Morgan fingerprint density at radius 1 is 1.40 bits per heavy atom. The van der Waals surface area contributed by atoms with Crippen LogP contribution >= 0.6 is 0 Å². The molecule has 2 aromatic carbocycles. The van der Waals surface area contributed by atoms with Crippen LogP contribution in [0.1, 0.15) is 52.0 Å². The zero-order valence-corrected chi connectivity index (χ0v) is 12.7. The average molecular weight is 355 g/mol. The summed E-state index contributed by atoms with van der Waals surface area (Å²) in [7, 11) is 0. The maximum atomic E-state index is 11.5. The molecule has 0 saturated carbocycles. The number of hydrogen-bond acceptors (Lipinski definition) is 3. The van der Waals surface area contributed by atoms with Crippen molar-refractivity contribution in [1.82, 2.24) is 4.90 Å². The second kappa shape index (κ2) is 7.53. The smallest absolute Gasteiger partial charge is 0.307 e. The van der Waals surface area contributed by atoms with E-state index < -0.39 is 122 Å². The number of hydrogen-bond donors (Lipinski definition) is 1. The fourth-order valence-corrected chi connectivity index (χ4v) is 2.20. The summed E-state index contributed by atoms with van der Waals surface area (Å²) in [5.74, 6) is -2.36. The van der Waals surface area contributed by atoms with Crippen molar-refractivity contribution in [2.24, 2.45) is 0 Å².